The smallest absolute Gasteiger partial charge is 0.404 e. The van der Waals surface area contributed by atoms with Crippen LogP contribution in [0.25, 0.3) is 0 Å². The SMILES string of the molecule is CCOC(=O)CCCN.O=C(Cl)OC1CCC1. The molecule has 17 heavy (non-hydrogen) atoms. The summed E-state index contributed by atoms with van der Waals surface area (Å²) < 4.78 is 9.26. The summed E-state index contributed by atoms with van der Waals surface area (Å²) in [7, 11) is 0. The predicted molar refractivity (Wildman–Crippen MR) is 64.9 cm³/mol. The van der Waals surface area contributed by atoms with Crippen LogP contribution in [0.15, 0.2) is 0 Å². The molecule has 0 aromatic heterocycles. The summed E-state index contributed by atoms with van der Waals surface area (Å²) in [4.78, 5) is 20.5. The number of ether oxygens (including phenoxy) is 2. The topological polar surface area (TPSA) is 78.6 Å². The number of rotatable bonds is 5. The van der Waals surface area contributed by atoms with Gasteiger partial charge in [-0.05, 0) is 39.2 Å². The number of hydrogen-bond acceptors (Lipinski definition) is 5. The Kier molecular flexibility index (Phi) is 9.86. The van der Waals surface area contributed by atoms with E-state index in [2.05, 4.69) is 9.47 Å². The first-order valence-corrected chi connectivity index (χ1v) is 6.19. The number of halogens is 1. The molecule has 0 aliphatic heterocycles. The predicted octanol–water partition coefficient (Wildman–Crippen LogP) is 2.20. The molecule has 1 rings (SSSR count). The van der Waals surface area contributed by atoms with Gasteiger partial charge < -0.3 is 15.2 Å². The monoisotopic (exact) mass is 265 g/mol. The lowest BCUT2D eigenvalue weighted by atomic mass is 9.96. The molecule has 0 radical (unpaired) electrons. The zero-order valence-electron chi connectivity index (χ0n) is 10.1. The molecule has 2 N–H and O–H groups in total. The van der Waals surface area contributed by atoms with Crippen molar-refractivity contribution in [1.82, 2.24) is 0 Å². The fourth-order valence-electron chi connectivity index (χ4n) is 1.10. The van der Waals surface area contributed by atoms with Crippen molar-refractivity contribution in [3.8, 4) is 0 Å². The molecule has 6 heteroatoms. The molecule has 1 aliphatic rings. The van der Waals surface area contributed by atoms with Gasteiger partial charge >= 0.3 is 11.4 Å². The van der Waals surface area contributed by atoms with Crippen LogP contribution in [0, 0.1) is 0 Å². The quantitative estimate of drug-likeness (QED) is 0.609. The molecule has 1 fully saturated rings. The van der Waals surface area contributed by atoms with E-state index in [0.29, 0.717) is 19.6 Å². The van der Waals surface area contributed by atoms with E-state index >= 15 is 0 Å². The first-order chi connectivity index (χ1) is 8.10. The molecular weight excluding hydrogens is 246 g/mol. The van der Waals surface area contributed by atoms with Crippen molar-refractivity contribution in [2.75, 3.05) is 13.2 Å². The van der Waals surface area contributed by atoms with Gasteiger partial charge in [-0.25, -0.2) is 4.79 Å². The molecule has 5 nitrogen and oxygen atoms in total. The number of esters is 1. The third-order valence-electron chi connectivity index (χ3n) is 2.20. The Bertz CT molecular complexity index is 232. The van der Waals surface area contributed by atoms with Crippen molar-refractivity contribution in [3.05, 3.63) is 0 Å². The van der Waals surface area contributed by atoms with E-state index in [9.17, 15) is 9.59 Å². The van der Waals surface area contributed by atoms with Gasteiger partial charge in [0, 0.05) is 18.0 Å². The van der Waals surface area contributed by atoms with Gasteiger partial charge in [-0.3, -0.25) is 4.79 Å². The van der Waals surface area contributed by atoms with E-state index in [0.717, 1.165) is 25.7 Å². The molecule has 0 heterocycles. The van der Waals surface area contributed by atoms with Crippen LogP contribution < -0.4 is 5.73 Å². The lowest BCUT2D eigenvalue weighted by Crippen LogP contribution is -2.22. The Morgan fingerprint density at radius 1 is 1.41 bits per heavy atom. The van der Waals surface area contributed by atoms with Crippen molar-refractivity contribution < 1.29 is 19.1 Å². The summed E-state index contributed by atoms with van der Waals surface area (Å²) in [5, 5.41) is 0. The lowest BCUT2D eigenvalue weighted by Gasteiger charge is -2.23. The second kappa shape index (κ2) is 10.4. The van der Waals surface area contributed by atoms with Crippen molar-refractivity contribution in [2.45, 2.75) is 45.1 Å². The zero-order chi connectivity index (χ0) is 13.1. The van der Waals surface area contributed by atoms with Gasteiger partial charge in [0.05, 0.1) is 6.61 Å². The van der Waals surface area contributed by atoms with Crippen molar-refractivity contribution in [3.63, 3.8) is 0 Å². The Morgan fingerprint density at radius 3 is 2.35 bits per heavy atom. The van der Waals surface area contributed by atoms with Gasteiger partial charge in [0.25, 0.3) is 0 Å². The van der Waals surface area contributed by atoms with Crippen LogP contribution in [0.5, 0.6) is 0 Å². The van der Waals surface area contributed by atoms with Crippen LogP contribution in [-0.2, 0) is 14.3 Å². The van der Waals surface area contributed by atoms with Gasteiger partial charge in [-0.15, -0.1) is 0 Å². The second-order valence-corrected chi connectivity index (χ2v) is 3.91. The molecule has 0 spiro atoms. The van der Waals surface area contributed by atoms with Gasteiger partial charge in [0.1, 0.15) is 6.10 Å². The minimum Gasteiger partial charge on any atom is -0.466 e. The molecular formula is C11H20ClNO4. The molecule has 0 aromatic rings. The maximum absolute atomic E-state index is 10.5. The summed E-state index contributed by atoms with van der Waals surface area (Å²) in [5.41, 5.74) is 4.49. The average Bonchev–Trinajstić information content (AvgIpc) is 2.22. The summed E-state index contributed by atoms with van der Waals surface area (Å²) >= 11 is 4.92. The molecule has 0 amide bonds. The highest BCUT2D eigenvalue weighted by Gasteiger charge is 2.20. The van der Waals surface area contributed by atoms with Gasteiger partial charge in [0.2, 0.25) is 0 Å². The standard InChI is InChI=1S/C6H13NO2.C5H7ClO2/c1-2-9-6(8)4-3-5-7;6-5(7)8-4-2-1-3-4/h2-5,7H2,1H3;4H,1-3H2. The van der Waals surface area contributed by atoms with Crippen LogP contribution >= 0.6 is 11.6 Å². The van der Waals surface area contributed by atoms with Gasteiger partial charge in [0.15, 0.2) is 0 Å². The summed E-state index contributed by atoms with van der Waals surface area (Å²) in [5.74, 6) is -0.150. The molecule has 0 aromatic carbocycles. The molecule has 0 bridgehead atoms. The number of carbonyl (C=O) groups excluding carboxylic acids is 2. The number of hydrogen-bond donors (Lipinski definition) is 1. The van der Waals surface area contributed by atoms with E-state index in [1.807, 2.05) is 0 Å². The zero-order valence-corrected chi connectivity index (χ0v) is 10.9. The number of nitrogens with two attached hydrogens (primary N) is 1. The highest BCUT2D eigenvalue weighted by atomic mass is 35.5. The van der Waals surface area contributed by atoms with E-state index in [1.54, 1.807) is 6.92 Å². The highest BCUT2D eigenvalue weighted by molar-refractivity contribution is 6.61. The van der Waals surface area contributed by atoms with E-state index in [-0.39, 0.29) is 12.1 Å². The molecule has 0 saturated heterocycles. The first-order valence-electron chi connectivity index (χ1n) is 5.82. The maximum Gasteiger partial charge on any atom is 0.404 e. The maximum atomic E-state index is 10.5. The fraction of sp³-hybridized carbons (Fsp3) is 0.818. The van der Waals surface area contributed by atoms with Crippen LogP contribution in [-0.4, -0.2) is 30.7 Å². The van der Waals surface area contributed by atoms with Crippen molar-refractivity contribution in [2.24, 2.45) is 5.73 Å². The largest absolute Gasteiger partial charge is 0.466 e. The summed E-state index contributed by atoms with van der Waals surface area (Å²) in [6, 6.07) is 0. The van der Waals surface area contributed by atoms with Gasteiger partial charge in [-0.1, -0.05) is 0 Å². The molecule has 1 saturated carbocycles. The van der Waals surface area contributed by atoms with E-state index in [4.69, 9.17) is 17.3 Å². The Morgan fingerprint density at radius 2 is 2.06 bits per heavy atom. The Balaban J connectivity index is 0.000000302. The lowest BCUT2D eigenvalue weighted by molar-refractivity contribution is -0.143. The summed E-state index contributed by atoms with van der Waals surface area (Å²) in [6.07, 6.45) is 4.43. The van der Waals surface area contributed by atoms with E-state index < -0.39 is 5.43 Å². The second-order valence-electron chi connectivity index (χ2n) is 3.61. The Labute approximate surface area is 107 Å². The average molecular weight is 266 g/mol. The molecule has 0 unspecified atom stereocenters. The van der Waals surface area contributed by atoms with E-state index in [1.165, 1.54) is 0 Å². The van der Waals surface area contributed by atoms with Crippen LogP contribution in [0.4, 0.5) is 4.79 Å². The van der Waals surface area contributed by atoms with Crippen LogP contribution in [0.2, 0.25) is 0 Å². The van der Waals surface area contributed by atoms with Crippen LogP contribution in [0.1, 0.15) is 39.0 Å². The van der Waals surface area contributed by atoms with Crippen molar-refractivity contribution >= 4 is 23.0 Å². The number of carbonyl (C=O) groups is 2. The normalized spacial score (nSPS) is 14.1. The van der Waals surface area contributed by atoms with Crippen LogP contribution in [0.3, 0.4) is 0 Å². The fourth-order valence-corrected chi connectivity index (χ4v) is 1.23. The molecule has 1 aliphatic carbocycles. The third kappa shape index (κ3) is 10.1. The molecule has 0 atom stereocenters. The minimum atomic E-state index is -0.672. The third-order valence-corrected chi connectivity index (χ3v) is 2.29. The van der Waals surface area contributed by atoms with Crippen molar-refractivity contribution in [1.29, 1.82) is 0 Å². The minimum absolute atomic E-state index is 0.125. The molecule has 100 valence electrons. The van der Waals surface area contributed by atoms with Gasteiger partial charge in [-0.2, -0.15) is 0 Å². The Hall–Kier alpha value is -0.810. The highest BCUT2D eigenvalue weighted by Crippen LogP contribution is 2.22. The summed E-state index contributed by atoms with van der Waals surface area (Å²) in [6.45, 7) is 2.81. The first kappa shape index (κ1) is 16.2.